The zero-order chi connectivity index (χ0) is 31.3. The Morgan fingerprint density at radius 3 is 2.27 bits per heavy atom. The van der Waals surface area contributed by atoms with Gasteiger partial charge in [-0.05, 0) is 91.9 Å². The van der Waals surface area contributed by atoms with E-state index in [1.807, 2.05) is 49.9 Å². The average Bonchev–Trinajstić information content (AvgIpc) is 3.79. The van der Waals surface area contributed by atoms with E-state index in [-0.39, 0.29) is 23.5 Å². The van der Waals surface area contributed by atoms with Crippen LogP contribution in [0.25, 0.3) is 10.8 Å². The predicted octanol–water partition coefficient (Wildman–Crippen LogP) is 7.33. The Labute approximate surface area is 265 Å². The highest BCUT2D eigenvalue weighted by atomic mass is 16.6. The van der Waals surface area contributed by atoms with Gasteiger partial charge in [-0.15, -0.1) is 0 Å². The number of rotatable bonds is 7. The van der Waals surface area contributed by atoms with Gasteiger partial charge in [0.1, 0.15) is 11.4 Å². The van der Waals surface area contributed by atoms with Crippen LogP contribution in [0.4, 0.5) is 10.5 Å². The molecule has 3 aliphatic rings. The molecule has 1 atom stereocenters. The van der Waals surface area contributed by atoms with Crippen molar-refractivity contribution >= 4 is 28.5 Å². The largest absolute Gasteiger partial charge is 0.497 e. The van der Waals surface area contributed by atoms with E-state index in [0.717, 1.165) is 60.1 Å². The number of hydrogen-bond donors (Lipinski definition) is 1. The van der Waals surface area contributed by atoms with Gasteiger partial charge in [-0.3, -0.25) is 9.69 Å². The summed E-state index contributed by atoms with van der Waals surface area (Å²) in [6, 6.07) is 27.8. The lowest BCUT2D eigenvalue weighted by atomic mass is 9.82. The zero-order valence-electron chi connectivity index (χ0n) is 26.6. The van der Waals surface area contributed by atoms with Crippen molar-refractivity contribution < 1.29 is 19.1 Å². The van der Waals surface area contributed by atoms with Crippen LogP contribution in [-0.4, -0.2) is 60.7 Å². The highest BCUT2D eigenvalue weighted by Gasteiger charge is 2.50. The van der Waals surface area contributed by atoms with Crippen molar-refractivity contribution in [3.63, 3.8) is 0 Å². The van der Waals surface area contributed by atoms with Crippen molar-refractivity contribution in [2.45, 2.75) is 57.1 Å². The normalized spacial score (nSPS) is 18.0. The molecule has 7 nitrogen and oxygen atoms in total. The lowest BCUT2D eigenvalue weighted by Gasteiger charge is -2.40. The number of amides is 2. The minimum absolute atomic E-state index is 0.0366. The molecule has 1 N–H and O–H groups in total. The van der Waals surface area contributed by atoms with E-state index in [1.165, 1.54) is 22.3 Å². The molecule has 1 saturated carbocycles. The summed E-state index contributed by atoms with van der Waals surface area (Å²) in [4.78, 5) is 29.7. The predicted molar refractivity (Wildman–Crippen MR) is 177 cm³/mol. The molecule has 4 aromatic rings. The number of carbonyl (C=O) groups excluding carboxylic acids is 2. The summed E-state index contributed by atoms with van der Waals surface area (Å²) in [5.41, 5.74) is 6.21. The number of nitrogens with zero attached hydrogens (tertiary/aromatic N) is 2. The number of benzene rings is 4. The van der Waals surface area contributed by atoms with Gasteiger partial charge in [0.05, 0.1) is 7.11 Å². The van der Waals surface area contributed by atoms with Gasteiger partial charge < -0.3 is 19.7 Å². The maximum absolute atomic E-state index is 12.7. The van der Waals surface area contributed by atoms with Gasteiger partial charge in [-0.25, -0.2) is 4.79 Å². The molecule has 2 fully saturated rings. The summed E-state index contributed by atoms with van der Waals surface area (Å²) in [5.74, 6) is 0.904. The van der Waals surface area contributed by atoms with Crippen LogP contribution in [0.5, 0.6) is 5.75 Å². The second kappa shape index (κ2) is 11.2. The van der Waals surface area contributed by atoms with Crippen LogP contribution in [-0.2, 0) is 16.7 Å². The molecular formula is C38H41N3O4. The van der Waals surface area contributed by atoms with Crippen molar-refractivity contribution in [2.75, 3.05) is 38.6 Å². The topological polar surface area (TPSA) is 71.1 Å². The lowest BCUT2D eigenvalue weighted by Crippen LogP contribution is -2.53. The smallest absolute Gasteiger partial charge is 0.410 e. The first kappa shape index (κ1) is 29.4. The fourth-order valence-corrected chi connectivity index (χ4v) is 7.20. The van der Waals surface area contributed by atoms with Crippen molar-refractivity contribution in [3.8, 4) is 5.75 Å². The first-order chi connectivity index (χ1) is 21.6. The number of nitrogens with one attached hydrogen (secondary N) is 1. The van der Waals surface area contributed by atoms with E-state index in [0.29, 0.717) is 13.1 Å². The molecule has 0 spiro atoms. The van der Waals surface area contributed by atoms with E-state index in [4.69, 9.17) is 9.47 Å². The SMILES string of the molecule is COc1ccc(CC(c2ccc(C3(N4CCN(C(=O)OC(C)(C)C)CC4)CC3)cc2)c2ccc3c4c(cccc24)C(=O)N3)cc1. The Morgan fingerprint density at radius 1 is 0.911 bits per heavy atom. The third-order valence-corrected chi connectivity index (χ3v) is 9.65. The molecule has 2 amide bonds. The first-order valence-corrected chi connectivity index (χ1v) is 16.0. The molecule has 2 heterocycles. The molecule has 0 radical (unpaired) electrons. The van der Waals surface area contributed by atoms with E-state index in [9.17, 15) is 9.59 Å². The Balaban J connectivity index is 1.17. The minimum Gasteiger partial charge on any atom is -0.497 e. The van der Waals surface area contributed by atoms with Crippen molar-refractivity contribution in [1.82, 2.24) is 9.80 Å². The molecular weight excluding hydrogens is 562 g/mol. The monoisotopic (exact) mass is 603 g/mol. The van der Waals surface area contributed by atoms with Gasteiger partial charge in [0.25, 0.3) is 5.91 Å². The summed E-state index contributed by atoms with van der Waals surface area (Å²) in [7, 11) is 1.69. The van der Waals surface area contributed by atoms with E-state index >= 15 is 0 Å². The number of carbonyl (C=O) groups is 2. The molecule has 0 aromatic heterocycles. The van der Waals surface area contributed by atoms with Gasteiger partial charge in [0, 0.05) is 54.3 Å². The van der Waals surface area contributed by atoms with Crippen LogP contribution >= 0.6 is 0 Å². The fourth-order valence-electron chi connectivity index (χ4n) is 7.20. The van der Waals surface area contributed by atoms with Gasteiger partial charge >= 0.3 is 6.09 Å². The van der Waals surface area contributed by atoms with Crippen LogP contribution in [0.3, 0.4) is 0 Å². The van der Waals surface area contributed by atoms with Gasteiger partial charge in [0.2, 0.25) is 0 Å². The number of methoxy groups -OCH3 is 1. The van der Waals surface area contributed by atoms with Crippen LogP contribution < -0.4 is 10.1 Å². The van der Waals surface area contributed by atoms with Crippen molar-refractivity contribution in [2.24, 2.45) is 0 Å². The molecule has 7 rings (SSSR count). The first-order valence-electron chi connectivity index (χ1n) is 16.0. The summed E-state index contributed by atoms with van der Waals surface area (Å²) in [6.07, 6.45) is 2.86. The van der Waals surface area contributed by atoms with Crippen molar-refractivity contribution in [3.05, 3.63) is 107 Å². The fraction of sp³-hybridized carbons (Fsp3) is 0.368. The molecule has 1 aliphatic carbocycles. The van der Waals surface area contributed by atoms with E-state index in [1.54, 1.807) is 7.11 Å². The second-order valence-electron chi connectivity index (χ2n) is 13.6. The van der Waals surface area contributed by atoms with Gasteiger partial charge in [-0.2, -0.15) is 0 Å². The second-order valence-corrected chi connectivity index (χ2v) is 13.6. The van der Waals surface area contributed by atoms with Gasteiger partial charge in [0.15, 0.2) is 0 Å². The molecule has 4 aromatic carbocycles. The zero-order valence-corrected chi connectivity index (χ0v) is 26.6. The standard InChI is InChI=1S/C38H41N3O4/c1-37(2,3)45-36(43)40-20-22-41(23-21-40)38(18-19-38)27-12-10-26(11-13-27)32(24-25-8-14-28(44-4)15-9-25)29-16-17-33-34-30(29)6-5-7-31(34)35(42)39-33/h5-17,32H,18-24H2,1-4H3,(H,39,42). The lowest BCUT2D eigenvalue weighted by molar-refractivity contribution is 0.00814. The molecule has 1 saturated heterocycles. The van der Waals surface area contributed by atoms with E-state index < -0.39 is 5.60 Å². The third-order valence-electron chi connectivity index (χ3n) is 9.65. The molecule has 45 heavy (non-hydrogen) atoms. The van der Waals surface area contributed by atoms with Crippen LogP contribution in [0.1, 0.15) is 72.1 Å². The average molecular weight is 604 g/mol. The highest BCUT2D eigenvalue weighted by molar-refractivity contribution is 6.24. The Morgan fingerprint density at radius 2 is 1.62 bits per heavy atom. The minimum atomic E-state index is -0.486. The Kier molecular flexibility index (Phi) is 7.32. The third kappa shape index (κ3) is 5.54. The van der Waals surface area contributed by atoms with E-state index in [2.05, 4.69) is 64.8 Å². The van der Waals surface area contributed by atoms with Crippen LogP contribution in [0.15, 0.2) is 78.9 Å². The number of hydrogen-bond acceptors (Lipinski definition) is 5. The summed E-state index contributed by atoms with van der Waals surface area (Å²) >= 11 is 0. The van der Waals surface area contributed by atoms with Crippen molar-refractivity contribution in [1.29, 1.82) is 0 Å². The van der Waals surface area contributed by atoms with Crippen LogP contribution in [0, 0.1) is 0 Å². The molecule has 232 valence electrons. The molecule has 2 aliphatic heterocycles. The Bertz CT molecular complexity index is 1750. The summed E-state index contributed by atoms with van der Waals surface area (Å²) in [6.45, 7) is 8.78. The Hall–Kier alpha value is -4.36. The molecule has 7 heteroatoms. The van der Waals surface area contributed by atoms with Crippen LogP contribution in [0.2, 0.25) is 0 Å². The van der Waals surface area contributed by atoms with Gasteiger partial charge in [-0.1, -0.05) is 54.6 Å². The number of piperazine rings is 1. The molecule has 0 bridgehead atoms. The summed E-state index contributed by atoms with van der Waals surface area (Å²) < 4.78 is 11.0. The quantitative estimate of drug-likeness (QED) is 0.240. The number of anilines is 1. The maximum atomic E-state index is 12.7. The maximum Gasteiger partial charge on any atom is 0.410 e. The number of ether oxygens (including phenoxy) is 2. The molecule has 1 unspecified atom stereocenters. The highest BCUT2D eigenvalue weighted by Crippen LogP contribution is 2.51. The summed E-state index contributed by atoms with van der Waals surface area (Å²) in [5, 5.41) is 5.16.